The maximum atomic E-state index is 12.2. The maximum absolute atomic E-state index is 12.2. The molecule has 2 heterocycles. The highest BCUT2D eigenvalue weighted by atomic mass is 16.2. The highest BCUT2D eigenvalue weighted by Gasteiger charge is 2.32. The lowest BCUT2D eigenvalue weighted by Crippen LogP contribution is -2.43. The molecule has 1 aliphatic heterocycles. The van der Waals surface area contributed by atoms with E-state index in [0.717, 1.165) is 50.2 Å². The van der Waals surface area contributed by atoms with Crippen molar-refractivity contribution in [2.24, 2.45) is 5.92 Å². The smallest absolute Gasteiger partial charge is 0.225 e. The van der Waals surface area contributed by atoms with Gasteiger partial charge in [0.15, 0.2) is 5.43 Å². The van der Waals surface area contributed by atoms with Gasteiger partial charge in [0.2, 0.25) is 5.91 Å². The molecule has 0 unspecified atom stereocenters. The van der Waals surface area contributed by atoms with Crippen molar-refractivity contribution in [2.75, 3.05) is 13.1 Å². The number of aromatic amines is 1. The van der Waals surface area contributed by atoms with E-state index in [1.807, 2.05) is 11.8 Å². The molecule has 1 aromatic heterocycles. The van der Waals surface area contributed by atoms with Crippen LogP contribution in [0.2, 0.25) is 0 Å². The molecule has 1 amide bonds. The van der Waals surface area contributed by atoms with E-state index in [2.05, 4.69) is 4.98 Å². The van der Waals surface area contributed by atoms with Crippen LogP contribution in [-0.4, -0.2) is 28.9 Å². The summed E-state index contributed by atoms with van der Waals surface area (Å²) in [6, 6.07) is 3.33. The SMILES string of the molecule is Cc1cc(=O)cc(C2CCN(C(=O)C3CCC3)CC2)[nH]1. The van der Waals surface area contributed by atoms with Crippen LogP contribution in [0.5, 0.6) is 0 Å². The lowest BCUT2D eigenvalue weighted by atomic mass is 9.83. The molecule has 1 saturated heterocycles. The van der Waals surface area contributed by atoms with E-state index in [-0.39, 0.29) is 5.43 Å². The Bertz CT molecular complexity index is 552. The highest BCUT2D eigenvalue weighted by Crippen LogP contribution is 2.31. The first-order valence-corrected chi connectivity index (χ1v) is 7.63. The van der Waals surface area contributed by atoms with Gasteiger partial charge >= 0.3 is 0 Å². The predicted octanol–water partition coefficient (Wildman–Crippen LogP) is 2.19. The number of piperidine rings is 1. The Labute approximate surface area is 119 Å². The Kier molecular flexibility index (Phi) is 3.64. The van der Waals surface area contributed by atoms with Crippen molar-refractivity contribution in [3.63, 3.8) is 0 Å². The molecule has 0 atom stereocenters. The lowest BCUT2D eigenvalue weighted by Gasteiger charge is -2.36. The average Bonchev–Trinajstić information content (AvgIpc) is 2.35. The molecule has 1 saturated carbocycles. The number of carbonyl (C=O) groups is 1. The first-order chi connectivity index (χ1) is 9.63. The van der Waals surface area contributed by atoms with E-state index < -0.39 is 0 Å². The molecule has 4 heteroatoms. The topological polar surface area (TPSA) is 53.2 Å². The molecule has 108 valence electrons. The number of aryl methyl sites for hydroxylation is 1. The second-order valence-corrected chi connectivity index (χ2v) is 6.18. The number of amides is 1. The summed E-state index contributed by atoms with van der Waals surface area (Å²) in [5.74, 6) is 1.03. The number of nitrogens with one attached hydrogen (secondary N) is 1. The van der Waals surface area contributed by atoms with E-state index in [1.54, 1.807) is 12.1 Å². The molecule has 0 radical (unpaired) electrons. The normalized spacial score (nSPS) is 20.8. The standard InChI is InChI=1S/C16H22N2O2/c1-11-9-14(19)10-15(17-11)12-5-7-18(8-6-12)16(20)13-3-2-4-13/h9-10,12-13H,2-8H2,1H3,(H,17,19). The van der Waals surface area contributed by atoms with Crippen LogP contribution in [0.3, 0.4) is 0 Å². The molecule has 20 heavy (non-hydrogen) atoms. The van der Waals surface area contributed by atoms with Crippen molar-refractivity contribution >= 4 is 5.91 Å². The summed E-state index contributed by atoms with van der Waals surface area (Å²) in [5, 5.41) is 0. The van der Waals surface area contributed by atoms with Crippen molar-refractivity contribution in [1.29, 1.82) is 0 Å². The Balaban J connectivity index is 1.63. The third-order valence-electron chi connectivity index (χ3n) is 4.70. The molecular weight excluding hydrogens is 252 g/mol. The van der Waals surface area contributed by atoms with Crippen LogP contribution in [0.4, 0.5) is 0 Å². The summed E-state index contributed by atoms with van der Waals surface area (Å²) in [6.07, 6.45) is 5.26. The second kappa shape index (κ2) is 5.43. The molecule has 1 aromatic rings. The molecule has 3 rings (SSSR count). The molecule has 0 bridgehead atoms. The van der Waals surface area contributed by atoms with Crippen LogP contribution >= 0.6 is 0 Å². The van der Waals surface area contributed by atoms with Gasteiger partial charge in [-0.15, -0.1) is 0 Å². The van der Waals surface area contributed by atoms with Crippen LogP contribution in [0, 0.1) is 12.8 Å². The lowest BCUT2D eigenvalue weighted by molar-refractivity contribution is -0.139. The number of nitrogens with zero attached hydrogens (tertiary/aromatic N) is 1. The van der Waals surface area contributed by atoms with Crippen LogP contribution in [0.25, 0.3) is 0 Å². The zero-order chi connectivity index (χ0) is 14.1. The number of aromatic nitrogens is 1. The molecule has 0 spiro atoms. The largest absolute Gasteiger partial charge is 0.362 e. The number of rotatable bonds is 2. The number of pyridine rings is 1. The number of hydrogen-bond donors (Lipinski definition) is 1. The minimum atomic E-state index is 0.0734. The van der Waals surface area contributed by atoms with Crippen LogP contribution in [0.15, 0.2) is 16.9 Å². The fraction of sp³-hybridized carbons (Fsp3) is 0.625. The van der Waals surface area contributed by atoms with Crippen LogP contribution in [-0.2, 0) is 4.79 Å². The molecule has 0 aromatic carbocycles. The quantitative estimate of drug-likeness (QED) is 0.898. The summed E-state index contributed by atoms with van der Waals surface area (Å²) in [4.78, 5) is 29.1. The van der Waals surface area contributed by atoms with Crippen molar-refractivity contribution in [2.45, 2.75) is 44.9 Å². The minimum Gasteiger partial charge on any atom is -0.362 e. The number of hydrogen-bond acceptors (Lipinski definition) is 2. The minimum absolute atomic E-state index is 0.0734. The summed E-state index contributed by atoms with van der Waals surface area (Å²) < 4.78 is 0. The Morgan fingerprint density at radius 1 is 1.20 bits per heavy atom. The summed E-state index contributed by atoms with van der Waals surface area (Å²) in [6.45, 7) is 3.58. The number of likely N-dealkylation sites (tertiary alicyclic amines) is 1. The fourth-order valence-corrected chi connectivity index (χ4v) is 3.25. The monoisotopic (exact) mass is 274 g/mol. The van der Waals surface area contributed by atoms with Crippen LogP contribution < -0.4 is 5.43 Å². The van der Waals surface area contributed by atoms with Crippen molar-refractivity contribution in [3.05, 3.63) is 33.7 Å². The van der Waals surface area contributed by atoms with Gasteiger partial charge in [-0.3, -0.25) is 9.59 Å². The Morgan fingerprint density at radius 2 is 1.90 bits per heavy atom. The highest BCUT2D eigenvalue weighted by molar-refractivity contribution is 5.79. The van der Waals surface area contributed by atoms with Crippen molar-refractivity contribution in [3.8, 4) is 0 Å². The van der Waals surface area contributed by atoms with Gasteiger partial charge in [0.25, 0.3) is 0 Å². The third-order valence-corrected chi connectivity index (χ3v) is 4.70. The summed E-state index contributed by atoms with van der Waals surface area (Å²) >= 11 is 0. The van der Waals surface area contributed by atoms with E-state index in [4.69, 9.17) is 0 Å². The second-order valence-electron chi connectivity index (χ2n) is 6.18. The molecule has 2 aliphatic rings. The molecular formula is C16H22N2O2. The van der Waals surface area contributed by atoms with Crippen molar-refractivity contribution in [1.82, 2.24) is 9.88 Å². The number of carbonyl (C=O) groups excluding carboxylic acids is 1. The molecule has 1 aliphatic carbocycles. The zero-order valence-electron chi connectivity index (χ0n) is 12.0. The summed E-state index contributed by atoms with van der Waals surface area (Å²) in [5.41, 5.74) is 2.02. The zero-order valence-corrected chi connectivity index (χ0v) is 12.0. The molecule has 1 N–H and O–H groups in total. The van der Waals surface area contributed by atoms with E-state index in [0.29, 0.717) is 17.7 Å². The van der Waals surface area contributed by atoms with Gasteiger partial charge in [0.1, 0.15) is 0 Å². The van der Waals surface area contributed by atoms with E-state index in [9.17, 15) is 9.59 Å². The average molecular weight is 274 g/mol. The van der Waals surface area contributed by atoms with Gasteiger partial charge in [-0.05, 0) is 32.6 Å². The Hall–Kier alpha value is -1.58. The fourth-order valence-electron chi connectivity index (χ4n) is 3.25. The van der Waals surface area contributed by atoms with E-state index in [1.165, 1.54) is 6.42 Å². The summed E-state index contributed by atoms with van der Waals surface area (Å²) in [7, 11) is 0. The first kappa shape index (κ1) is 13.4. The van der Waals surface area contributed by atoms with Gasteiger partial charge in [0, 0.05) is 48.4 Å². The molecule has 2 fully saturated rings. The van der Waals surface area contributed by atoms with Crippen molar-refractivity contribution < 1.29 is 4.79 Å². The van der Waals surface area contributed by atoms with Gasteiger partial charge in [-0.1, -0.05) is 6.42 Å². The first-order valence-electron chi connectivity index (χ1n) is 7.63. The Morgan fingerprint density at radius 3 is 2.45 bits per heavy atom. The van der Waals surface area contributed by atoms with Gasteiger partial charge in [-0.2, -0.15) is 0 Å². The maximum Gasteiger partial charge on any atom is 0.225 e. The van der Waals surface area contributed by atoms with E-state index >= 15 is 0 Å². The molecule has 4 nitrogen and oxygen atoms in total. The van der Waals surface area contributed by atoms with Gasteiger partial charge in [-0.25, -0.2) is 0 Å². The van der Waals surface area contributed by atoms with Crippen LogP contribution in [0.1, 0.15) is 49.4 Å². The van der Waals surface area contributed by atoms with Gasteiger partial charge in [0.05, 0.1) is 0 Å². The third kappa shape index (κ3) is 2.65. The van der Waals surface area contributed by atoms with Gasteiger partial charge < -0.3 is 9.88 Å². The number of H-pyrrole nitrogens is 1. The predicted molar refractivity (Wildman–Crippen MR) is 77.7 cm³/mol.